The summed E-state index contributed by atoms with van der Waals surface area (Å²) in [6, 6.07) is 16.2. The Morgan fingerprint density at radius 1 is 1.04 bits per heavy atom. The van der Waals surface area contributed by atoms with Crippen LogP contribution in [-0.4, -0.2) is 41.8 Å². The summed E-state index contributed by atoms with van der Waals surface area (Å²) >= 11 is 0. The number of carbonyl (C=O) groups excluding carboxylic acids is 1. The van der Waals surface area contributed by atoms with Gasteiger partial charge in [0.05, 0.1) is 6.54 Å². The molecule has 4 rings (SSSR count). The number of aliphatic carboxylic acids is 1. The van der Waals surface area contributed by atoms with Crippen molar-refractivity contribution in [2.24, 2.45) is 5.92 Å². The number of fused-ring (bicyclic) bond motifs is 3. The molecule has 2 aromatic rings. The molecule has 5 heteroatoms. The molecule has 1 amide bonds. The van der Waals surface area contributed by atoms with Gasteiger partial charge >= 0.3 is 12.1 Å². The van der Waals surface area contributed by atoms with Gasteiger partial charge in [0.2, 0.25) is 0 Å². The highest BCUT2D eigenvalue weighted by atomic mass is 16.6. The van der Waals surface area contributed by atoms with Crippen LogP contribution in [0.15, 0.2) is 48.5 Å². The van der Waals surface area contributed by atoms with E-state index in [9.17, 15) is 9.59 Å². The van der Waals surface area contributed by atoms with Gasteiger partial charge in [-0.2, -0.15) is 0 Å². The summed E-state index contributed by atoms with van der Waals surface area (Å²) in [5.74, 6) is 5.21. The van der Waals surface area contributed by atoms with Gasteiger partial charge in [-0.15, -0.1) is 0 Å². The number of carboxylic acids is 1. The van der Waals surface area contributed by atoms with Gasteiger partial charge in [-0.3, -0.25) is 9.69 Å². The molecular weight excluding hydrogens is 354 g/mol. The first kappa shape index (κ1) is 18.1. The maximum atomic E-state index is 12.5. The maximum absolute atomic E-state index is 12.5. The van der Waals surface area contributed by atoms with E-state index in [4.69, 9.17) is 9.84 Å². The first-order valence-corrected chi connectivity index (χ1v) is 9.43. The molecule has 2 aliphatic rings. The summed E-state index contributed by atoms with van der Waals surface area (Å²) in [5, 5.41) is 9.10. The molecule has 0 aliphatic heterocycles. The molecule has 0 aromatic heterocycles. The van der Waals surface area contributed by atoms with Crippen molar-refractivity contribution in [1.29, 1.82) is 0 Å². The number of benzene rings is 2. The minimum Gasteiger partial charge on any atom is -0.480 e. The Kier molecular flexibility index (Phi) is 5.03. The molecule has 0 heterocycles. The van der Waals surface area contributed by atoms with Gasteiger partial charge in [-0.1, -0.05) is 60.4 Å². The zero-order valence-corrected chi connectivity index (χ0v) is 15.4. The van der Waals surface area contributed by atoms with Crippen molar-refractivity contribution in [3.05, 3.63) is 59.7 Å². The lowest BCUT2D eigenvalue weighted by Crippen LogP contribution is -2.37. The van der Waals surface area contributed by atoms with E-state index in [2.05, 4.69) is 24.0 Å². The third-order valence-electron chi connectivity index (χ3n) is 5.07. The van der Waals surface area contributed by atoms with E-state index < -0.39 is 18.6 Å². The van der Waals surface area contributed by atoms with Crippen LogP contribution in [0.3, 0.4) is 0 Å². The molecule has 5 nitrogen and oxygen atoms in total. The minimum absolute atomic E-state index is 0.0550. The van der Waals surface area contributed by atoms with E-state index in [1.807, 2.05) is 36.4 Å². The summed E-state index contributed by atoms with van der Waals surface area (Å²) in [6.07, 6.45) is 1.52. The fourth-order valence-corrected chi connectivity index (χ4v) is 3.55. The second-order valence-electron chi connectivity index (χ2n) is 7.15. The molecule has 2 aromatic carbocycles. The fourth-order valence-electron chi connectivity index (χ4n) is 3.55. The van der Waals surface area contributed by atoms with E-state index in [0.717, 1.165) is 40.0 Å². The summed E-state index contributed by atoms with van der Waals surface area (Å²) in [6.45, 7) is -0.186. The normalized spacial score (nSPS) is 14.4. The highest BCUT2D eigenvalue weighted by molar-refractivity contribution is 5.79. The molecule has 0 atom stereocenters. The van der Waals surface area contributed by atoms with Gasteiger partial charge in [0, 0.05) is 11.8 Å². The predicted molar refractivity (Wildman–Crippen MR) is 105 cm³/mol. The monoisotopic (exact) mass is 375 g/mol. The minimum atomic E-state index is -1.08. The van der Waals surface area contributed by atoms with E-state index in [1.54, 1.807) is 0 Å². The standard InChI is InChI=1S/C23H21NO4/c25-22(26)14-24(13-5-6-16-11-12-16)23(27)28-15-21-19-9-3-1-7-17(19)18-8-2-4-10-20(18)21/h1-4,7-10,16,21H,11-15H2,(H,25,26). The number of hydrogen-bond donors (Lipinski definition) is 1. The second-order valence-corrected chi connectivity index (χ2v) is 7.15. The average molecular weight is 375 g/mol. The Balaban J connectivity index is 1.47. The number of carboxylic acid groups (broad SMARTS) is 1. The van der Waals surface area contributed by atoms with Gasteiger partial charge < -0.3 is 9.84 Å². The van der Waals surface area contributed by atoms with E-state index in [-0.39, 0.29) is 19.1 Å². The second kappa shape index (κ2) is 7.77. The lowest BCUT2D eigenvalue weighted by Gasteiger charge is -2.20. The van der Waals surface area contributed by atoms with E-state index in [1.165, 1.54) is 0 Å². The maximum Gasteiger partial charge on any atom is 0.411 e. The van der Waals surface area contributed by atoms with Gasteiger partial charge in [0.15, 0.2) is 0 Å². The predicted octanol–water partition coefficient (Wildman–Crippen LogP) is 3.74. The molecule has 1 N–H and O–H groups in total. The highest BCUT2D eigenvalue weighted by Gasteiger charge is 2.30. The van der Waals surface area contributed by atoms with Crippen molar-refractivity contribution in [3.8, 4) is 23.0 Å². The number of nitrogens with zero attached hydrogens (tertiary/aromatic N) is 1. The molecular formula is C23H21NO4. The van der Waals surface area contributed by atoms with Crippen LogP contribution in [-0.2, 0) is 9.53 Å². The quantitative estimate of drug-likeness (QED) is 0.809. The average Bonchev–Trinajstić information content (AvgIpc) is 3.46. The largest absolute Gasteiger partial charge is 0.480 e. The van der Waals surface area contributed by atoms with Crippen LogP contribution in [0.25, 0.3) is 11.1 Å². The Bertz CT molecular complexity index is 922. The molecule has 0 unspecified atom stereocenters. The van der Waals surface area contributed by atoms with Crippen molar-refractivity contribution in [3.63, 3.8) is 0 Å². The van der Waals surface area contributed by atoms with Crippen LogP contribution in [0, 0.1) is 17.8 Å². The Morgan fingerprint density at radius 2 is 1.64 bits per heavy atom. The lowest BCUT2D eigenvalue weighted by molar-refractivity contribution is -0.137. The van der Waals surface area contributed by atoms with E-state index in [0.29, 0.717) is 5.92 Å². The molecule has 1 fully saturated rings. The van der Waals surface area contributed by atoms with Crippen LogP contribution in [0.1, 0.15) is 29.9 Å². The van der Waals surface area contributed by atoms with Gasteiger partial charge in [0.25, 0.3) is 0 Å². The van der Waals surface area contributed by atoms with Crippen molar-refractivity contribution in [2.45, 2.75) is 18.8 Å². The molecule has 0 saturated heterocycles. The number of rotatable bonds is 5. The van der Waals surface area contributed by atoms with Crippen LogP contribution < -0.4 is 0 Å². The summed E-state index contributed by atoms with van der Waals surface area (Å²) in [7, 11) is 0. The third-order valence-corrected chi connectivity index (χ3v) is 5.07. The van der Waals surface area contributed by atoms with Crippen molar-refractivity contribution >= 4 is 12.1 Å². The molecule has 1 saturated carbocycles. The van der Waals surface area contributed by atoms with E-state index >= 15 is 0 Å². The number of ether oxygens (including phenoxy) is 1. The third kappa shape index (κ3) is 3.86. The van der Waals surface area contributed by atoms with Crippen LogP contribution in [0.2, 0.25) is 0 Å². The first-order chi connectivity index (χ1) is 13.6. The van der Waals surface area contributed by atoms with Crippen LogP contribution in [0.4, 0.5) is 4.79 Å². The Hall–Kier alpha value is -3.26. The summed E-state index contributed by atoms with van der Waals surface area (Å²) < 4.78 is 5.53. The van der Waals surface area contributed by atoms with Crippen molar-refractivity contribution in [1.82, 2.24) is 4.90 Å². The SMILES string of the molecule is O=C(O)CN(CC#CC1CC1)C(=O)OCC1c2ccccc2-c2ccccc21. The zero-order chi connectivity index (χ0) is 19.5. The topological polar surface area (TPSA) is 66.8 Å². The molecule has 2 aliphatic carbocycles. The zero-order valence-electron chi connectivity index (χ0n) is 15.4. The van der Waals surface area contributed by atoms with Crippen LogP contribution >= 0.6 is 0 Å². The molecule has 0 radical (unpaired) electrons. The summed E-state index contributed by atoms with van der Waals surface area (Å²) in [4.78, 5) is 24.8. The highest BCUT2D eigenvalue weighted by Crippen LogP contribution is 2.44. The Morgan fingerprint density at radius 3 is 2.21 bits per heavy atom. The van der Waals surface area contributed by atoms with Gasteiger partial charge in [0.1, 0.15) is 13.2 Å². The van der Waals surface area contributed by atoms with Crippen LogP contribution in [0.5, 0.6) is 0 Å². The van der Waals surface area contributed by atoms with Gasteiger partial charge in [-0.25, -0.2) is 4.79 Å². The number of carbonyl (C=O) groups is 2. The molecule has 142 valence electrons. The molecule has 28 heavy (non-hydrogen) atoms. The number of amides is 1. The number of hydrogen-bond acceptors (Lipinski definition) is 3. The first-order valence-electron chi connectivity index (χ1n) is 9.43. The molecule has 0 spiro atoms. The van der Waals surface area contributed by atoms with Gasteiger partial charge in [-0.05, 0) is 35.1 Å². The van der Waals surface area contributed by atoms with Crippen molar-refractivity contribution < 1.29 is 19.4 Å². The Labute approximate surface area is 163 Å². The molecule has 0 bridgehead atoms. The lowest BCUT2D eigenvalue weighted by atomic mass is 9.98. The summed E-state index contributed by atoms with van der Waals surface area (Å²) in [5.41, 5.74) is 4.54. The van der Waals surface area contributed by atoms with Crippen molar-refractivity contribution in [2.75, 3.05) is 19.7 Å². The fraction of sp³-hybridized carbons (Fsp3) is 0.304. The smallest absolute Gasteiger partial charge is 0.411 e.